The van der Waals surface area contributed by atoms with Crippen LogP contribution >= 0.6 is 11.3 Å². The summed E-state index contributed by atoms with van der Waals surface area (Å²) in [6.07, 6.45) is 1.68. The summed E-state index contributed by atoms with van der Waals surface area (Å²) in [6, 6.07) is 7.04. The van der Waals surface area contributed by atoms with Crippen molar-refractivity contribution in [3.05, 3.63) is 58.6 Å². The van der Waals surface area contributed by atoms with Gasteiger partial charge >= 0.3 is 0 Å². The van der Waals surface area contributed by atoms with Gasteiger partial charge in [0.2, 0.25) is 5.88 Å². The summed E-state index contributed by atoms with van der Waals surface area (Å²) in [5.74, 6) is 0.951. The van der Waals surface area contributed by atoms with Crippen LogP contribution in [-0.2, 0) is 6.61 Å². The third kappa shape index (κ3) is 3.95. The molecule has 0 spiro atoms. The first-order valence-electron chi connectivity index (χ1n) is 6.98. The van der Waals surface area contributed by atoms with E-state index in [1.54, 1.807) is 18.3 Å². The number of nitrogens with one attached hydrogen (secondary N) is 1. The highest BCUT2D eigenvalue weighted by Gasteiger charge is 2.13. The number of anilines is 1. The van der Waals surface area contributed by atoms with Crippen molar-refractivity contribution < 1.29 is 13.9 Å². The number of furan rings is 1. The molecule has 3 aromatic heterocycles. The molecule has 1 amide bonds. The van der Waals surface area contributed by atoms with Crippen LogP contribution in [0.3, 0.4) is 0 Å². The second-order valence-electron chi connectivity index (χ2n) is 4.97. The topological polar surface area (TPSA) is 77.2 Å². The minimum Gasteiger partial charge on any atom is -0.469 e. The quantitative estimate of drug-likeness (QED) is 0.774. The molecular weight excluding hydrogens is 314 g/mol. The number of hydrogen-bond donors (Lipinski definition) is 1. The van der Waals surface area contributed by atoms with Gasteiger partial charge in [0.25, 0.3) is 5.91 Å². The summed E-state index contributed by atoms with van der Waals surface area (Å²) < 4.78 is 11.0. The molecule has 118 valence electrons. The van der Waals surface area contributed by atoms with Gasteiger partial charge in [0, 0.05) is 17.6 Å². The Morgan fingerprint density at radius 2 is 2.22 bits per heavy atom. The summed E-state index contributed by atoms with van der Waals surface area (Å²) in [4.78, 5) is 20.3. The van der Waals surface area contributed by atoms with E-state index in [2.05, 4.69) is 15.3 Å². The van der Waals surface area contributed by atoms with Crippen LogP contribution < -0.4 is 10.1 Å². The van der Waals surface area contributed by atoms with Gasteiger partial charge in [-0.25, -0.2) is 9.97 Å². The zero-order valence-corrected chi connectivity index (χ0v) is 13.5. The van der Waals surface area contributed by atoms with Gasteiger partial charge in [-0.1, -0.05) is 0 Å². The van der Waals surface area contributed by atoms with Crippen molar-refractivity contribution in [1.29, 1.82) is 0 Å². The molecule has 0 saturated carbocycles. The zero-order chi connectivity index (χ0) is 16.2. The first kappa shape index (κ1) is 15.2. The van der Waals surface area contributed by atoms with E-state index in [4.69, 9.17) is 9.15 Å². The van der Waals surface area contributed by atoms with Crippen LogP contribution in [0.4, 0.5) is 5.13 Å². The number of carbonyl (C=O) groups excluding carboxylic acids is 1. The van der Waals surface area contributed by atoms with Crippen molar-refractivity contribution in [3.63, 3.8) is 0 Å². The zero-order valence-electron chi connectivity index (χ0n) is 12.7. The second-order valence-corrected chi connectivity index (χ2v) is 5.83. The fourth-order valence-corrected chi connectivity index (χ4v) is 2.56. The number of pyridine rings is 1. The first-order valence-corrected chi connectivity index (χ1v) is 7.86. The van der Waals surface area contributed by atoms with Gasteiger partial charge in [-0.3, -0.25) is 10.1 Å². The molecule has 3 rings (SSSR count). The van der Waals surface area contributed by atoms with E-state index in [1.807, 2.05) is 31.4 Å². The number of nitrogens with zero attached hydrogens (tertiary/aromatic N) is 2. The lowest BCUT2D eigenvalue weighted by atomic mass is 10.3. The summed E-state index contributed by atoms with van der Waals surface area (Å²) in [6.45, 7) is 4.04. The molecule has 0 aliphatic rings. The number of carbonyl (C=O) groups is 1. The molecule has 0 radical (unpaired) electrons. The SMILES string of the molecule is Cc1ccnc(OCc2ccc(C(=O)Nc3nc(C)cs3)o2)c1. The standard InChI is InChI=1S/C16H15N3O3S/c1-10-5-6-17-14(7-10)21-8-12-3-4-13(22-12)15(20)19-16-18-11(2)9-23-16/h3-7,9H,8H2,1-2H3,(H,18,19,20). The largest absolute Gasteiger partial charge is 0.469 e. The Bertz CT molecular complexity index is 825. The molecule has 0 atom stereocenters. The highest BCUT2D eigenvalue weighted by Crippen LogP contribution is 2.17. The average molecular weight is 329 g/mol. The van der Waals surface area contributed by atoms with E-state index in [0.29, 0.717) is 16.8 Å². The smallest absolute Gasteiger partial charge is 0.293 e. The lowest BCUT2D eigenvalue weighted by molar-refractivity contribution is 0.0992. The van der Waals surface area contributed by atoms with Gasteiger partial charge in [0.15, 0.2) is 10.9 Å². The molecule has 23 heavy (non-hydrogen) atoms. The predicted molar refractivity (Wildman–Crippen MR) is 86.8 cm³/mol. The minimum atomic E-state index is -0.334. The van der Waals surface area contributed by atoms with Gasteiger partial charge in [0.05, 0.1) is 5.69 Å². The Balaban J connectivity index is 1.60. The number of rotatable bonds is 5. The lowest BCUT2D eigenvalue weighted by Gasteiger charge is -2.03. The van der Waals surface area contributed by atoms with Crippen LogP contribution in [0.2, 0.25) is 0 Å². The number of amides is 1. The average Bonchev–Trinajstić information content (AvgIpc) is 3.14. The van der Waals surface area contributed by atoms with E-state index >= 15 is 0 Å². The Labute approximate surface area is 137 Å². The third-order valence-corrected chi connectivity index (χ3v) is 3.85. The van der Waals surface area contributed by atoms with E-state index in [-0.39, 0.29) is 18.3 Å². The molecule has 0 aliphatic carbocycles. The normalized spacial score (nSPS) is 10.5. The van der Waals surface area contributed by atoms with Crippen LogP contribution in [0, 0.1) is 13.8 Å². The van der Waals surface area contributed by atoms with E-state index in [0.717, 1.165) is 11.3 Å². The molecule has 0 unspecified atom stereocenters. The number of aromatic nitrogens is 2. The van der Waals surface area contributed by atoms with E-state index < -0.39 is 0 Å². The van der Waals surface area contributed by atoms with Crippen molar-refractivity contribution >= 4 is 22.4 Å². The Morgan fingerprint density at radius 3 is 2.96 bits per heavy atom. The Morgan fingerprint density at radius 1 is 1.35 bits per heavy atom. The summed E-state index contributed by atoms with van der Waals surface area (Å²) >= 11 is 1.37. The van der Waals surface area contributed by atoms with Crippen molar-refractivity contribution in [2.45, 2.75) is 20.5 Å². The second kappa shape index (κ2) is 6.62. The summed E-state index contributed by atoms with van der Waals surface area (Å²) in [7, 11) is 0. The van der Waals surface area contributed by atoms with Crippen molar-refractivity contribution in [1.82, 2.24) is 9.97 Å². The molecule has 3 heterocycles. The number of hydrogen-bond acceptors (Lipinski definition) is 6. The molecule has 3 aromatic rings. The highest BCUT2D eigenvalue weighted by molar-refractivity contribution is 7.13. The van der Waals surface area contributed by atoms with Gasteiger partial charge in [-0.2, -0.15) is 0 Å². The van der Waals surface area contributed by atoms with Crippen LogP contribution in [0.25, 0.3) is 0 Å². The Hall–Kier alpha value is -2.67. The predicted octanol–water partition coefficient (Wildman–Crippen LogP) is 3.58. The minimum absolute atomic E-state index is 0.208. The molecule has 0 aliphatic heterocycles. The van der Waals surface area contributed by atoms with E-state index in [1.165, 1.54) is 11.3 Å². The van der Waals surface area contributed by atoms with Gasteiger partial charge < -0.3 is 9.15 Å². The maximum absolute atomic E-state index is 12.1. The molecule has 7 heteroatoms. The maximum Gasteiger partial charge on any atom is 0.293 e. The summed E-state index contributed by atoms with van der Waals surface area (Å²) in [5.41, 5.74) is 1.93. The fraction of sp³-hybridized carbons (Fsp3) is 0.188. The van der Waals surface area contributed by atoms with Crippen molar-refractivity contribution in [2.75, 3.05) is 5.32 Å². The van der Waals surface area contributed by atoms with Gasteiger partial charge in [-0.15, -0.1) is 11.3 Å². The first-order chi connectivity index (χ1) is 11.1. The van der Waals surface area contributed by atoms with Gasteiger partial charge in [-0.05, 0) is 37.6 Å². The molecule has 0 saturated heterocycles. The fourth-order valence-electron chi connectivity index (χ4n) is 1.88. The molecular formula is C16H15N3O3S. The van der Waals surface area contributed by atoms with E-state index in [9.17, 15) is 4.79 Å². The number of thiazole rings is 1. The van der Waals surface area contributed by atoms with Crippen molar-refractivity contribution in [2.24, 2.45) is 0 Å². The number of aryl methyl sites for hydroxylation is 2. The van der Waals surface area contributed by atoms with Gasteiger partial charge in [0.1, 0.15) is 12.4 Å². The van der Waals surface area contributed by atoms with Crippen LogP contribution in [-0.4, -0.2) is 15.9 Å². The molecule has 0 aromatic carbocycles. The third-order valence-electron chi connectivity index (χ3n) is 2.98. The van der Waals surface area contributed by atoms with Crippen molar-refractivity contribution in [3.8, 4) is 5.88 Å². The molecule has 0 fully saturated rings. The highest BCUT2D eigenvalue weighted by atomic mass is 32.1. The molecule has 0 bridgehead atoms. The molecule has 6 nitrogen and oxygen atoms in total. The number of ether oxygens (including phenoxy) is 1. The summed E-state index contributed by atoms with van der Waals surface area (Å²) in [5, 5.41) is 5.11. The van der Waals surface area contributed by atoms with Crippen LogP contribution in [0.1, 0.15) is 27.6 Å². The monoisotopic (exact) mass is 329 g/mol. The van der Waals surface area contributed by atoms with Crippen LogP contribution in [0.15, 0.2) is 40.3 Å². The Kier molecular flexibility index (Phi) is 4.38. The maximum atomic E-state index is 12.1. The lowest BCUT2D eigenvalue weighted by Crippen LogP contribution is -2.10. The molecule has 1 N–H and O–H groups in total. The van der Waals surface area contributed by atoms with Crippen LogP contribution in [0.5, 0.6) is 5.88 Å².